The smallest absolute Gasteiger partial charge is 0.362 e. The second-order valence-electron chi connectivity index (χ2n) is 5.36. The quantitative estimate of drug-likeness (QED) is 0.871. The van der Waals surface area contributed by atoms with Crippen molar-refractivity contribution in [1.82, 2.24) is 5.32 Å². The summed E-state index contributed by atoms with van der Waals surface area (Å²) in [5.41, 5.74) is 2.53. The Balaban J connectivity index is 1.89. The summed E-state index contributed by atoms with van der Waals surface area (Å²) in [6.07, 6.45) is -3.43. The topological polar surface area (TPSA) is 67.4 Å². The largest absolute Gasteiger partial charge is 0.411 e. The predicted octanol–water partition coefficient (Wildman–Crippen LogP) is 2.33. The maximum Gasteiger partial charge on any atom is 0.411 e. The van der Waals surface area contributed by atoms with E-state index in [1.165, 1.54) is 0 Å². The fraction of sp³-hybridized carbons (Fsp3) is 0.467. The number of hydrogen-bond donors (Lipinski definition) is 2. The van der Waals surface area contributed by atoms with Gasteiger partial charge in [0, 0.05) is 12.1 Å². The van der Waals surface area contributed by atoms with Gasteiger partial charge in [0.05, 0.1) is 6.04 Å². The molecule has 0 saturated heterocycles. The van der Waals surface area contributed by atoms with E-state index in [0.29, 0.717) is 12.8 Å². The summed E-state index contributed by atoms with van der Waals surface area (Å²) in [5, 5.41) is 5.34. The lowest BCUT2D eigenvalue weighted by atomic mass is 9.98. The third-order valence-electron chi connectivity index (χ3n) is 3.40. The average molecular weight is 330 g/mol. The van der Waals surface area contributed by atoms with E-state index in [2.05, 4.69) is 15.4 Å². The number of fused-ring (bicyclic) bond motifs is 1. The van der Waals surface area contributed by atoms with E-state index in [9.17, 15) is 22.8 Å². The second kappa shape index (κ2) is 6.99. The Kier molecular flexibility index (Phi) is 5.25. The minimum atomic E-state index is -4.45. The maximum absolute atomic E-state index is 11.9. The number of rotatable bonds is 5. The van der Waals surface area contributed by atoms with Gasteiger partial charge >= 0.3 is 6.18 Å². The second-order valence-corrected chi connectivity index (χ2v) is 5.36. The van der Waals surface area contributed by atoms with E-state index >= 15 is 0 Å². The molecule has 0 bridgehead atoms. The summed E-state index contributed by atoms with van der Waals surface area (Å²) in [5.74, 6) is -0.652. The minimum Gasteiger partial charge on any atom is -0.362 e. The molecule has 126 valence electrons. The molecule has 0 aromatic heterocycles. The van der Waals surface area contributed by atoms with Gasteiger partial charge in [0.25, 0.3) is 0 Å². The molecule has 1 aromatic rings. The zero-order valence-electron chi connectivity index (χ0n) is 12.5. The Hall–Kier alpha value is -2.09. The molecule has 8 heteroatoms. The molecule has 1 atom stereocenters. The van der Waals surface area contributed by atoms with Gasteiger partial charge in [-0.3, -0.25) is 9.59 Å². The molecule has 23 heavy (non-hydrogen) atoms. The average Bonchev–Trinajstić information content (AvgIpc) is 2.45. The van der Waals surface area contributed by atoms with E-state index in [-0.39, 0.29) is 11.9 Å². The van der Waals surface area contributed by atoms with Crippen molar-refractivity contribution in [1.29, 1.82) is 0 Å². The van der Waals surface area contributed by atoms with Crippen LogP contribution >= 0.6 is 0 Å². The van der Waals surface area contributed by atoms with Crippen molar-refractivity contribution in [2.24, 2.45) is 0 Å². The first-order chi connectivity index (χ1) is 10.7. The van der Waals surface area contributed by atoms with Crippen molar-refractivity contribution >= 4 is 17.5 Å². The van der Waals surface area contributed by atoms with Crippen LogP contribution in [0.3, 0.4) is 0 Å². The van der Waals surface area contributed by atoms with Gasteiger partial charge in [-0.25, -0.2) is 0 Å². The zero-order valence-corrected chi connectivity index (χ0v) is 12.5. The number of aryl methyl sites for hydroxylation is 1. The molecule has 0 fully saturated rings. The van der Waals surface area contributed by atoms with E-state index in [1.807, 2.05) is 6.07 Å². The van der Waals surface area contributed by atoms with Gasteiger partial charge in [0.15, 0.2) is 0 Å². The van der Waals surface area contributed by atoms with Crippen LogP contribution in [-0.4, -0.2) is 31.2 Å². The van der Waals surface area contributed by atoms with Gasteiger partial charge in [0.2, 0.25) is 11.8 Å². The molecule has 0 radical (unpaired) electrons. The number of carbonyl (C=O) groups is 2. The van der Waals surface area contributed by atoms with Gasteiger partial charge in [-0.05, 0) is 30.5 Å². The number of hydrogen-bond acceptors (Lipinski definition) is 3. The maximum atomic E-state index is 11.9. The summed E-state index contributed by atoms with van der Waals surface area (Å²) < 4.78 is 40.1. The normalized spacial score (nSPS) is 15.6. The van der Waals surface area contributed by atoms with Crippen molar-refractivity contribution in [2.45, 2.75) is 32.0 Å². The van der Waals surface area contributed by atoms with Crippen LogP contribution in [0.1, 0.15) is 30.5 Å². The standard InChI is InChI=1S/C15H17F3N2O3/c1-9(19-14(22)7-23-8-15(16,17)18)10-2-4-12-11(6-10)3-5-13(21)20-12/h2,4,6,9H,3,5,7-8H2,1H3,(H,19,22)(H,20,21). The first-order valence-electron chi connectivity index (χ1n) is 7.11. The highest BCUT2D eigenvalue weighted by Gasteiger charge is 2.28. The van der Waals surface area contributed by atoms with Crippen LogP contribution in [0.5, 0.6) is 0 Å². The molecule has 2 N–H and O–H groups in total. The van der Waals surface area contributed by atoms with E-state index in [4.69, 9.17) is 0 Å². The molecule has 0 aliphatic carbocycles. The summed E-state index contributed by atoms with van der Waals surface area (Å²) in [7, 11) is 0. The lowest BCUT2D eigenvalue weighted by Crippen LogP contribution is -2.32. The van der Waals surface area contributed by atoms with Gasteiger partial charge in [-0.2, -0.15) is 13.2 Å². The number of anilines is 1. The molecular formula is C15H17F3N2O3. The third-order valence-corrected chi connectivity index (χ3v) is 3.40. The van der Waals surface area contributed by atoms with Gasteiger partial charge in [-0.15, -0.1) is 0 Å². The lowest BCUT2D eigenvalue weighted by Gasteiger charge is -2.20. The van der Waals surface area contributed by atoms with Crippen molar-refractivity contribution in [3.8, 4) is 0 Å². The van der Waals surface area contributed by atoms with Crippen LogP contribution in [0.15, 0.2) is 18.2 Å². The predicted molar refractivity (Wildman–Crippen MR) is 76.8 cm³/mol. The van der Waals surface area contributed by atoms with E-state index in [0.717, 1.165) is 16.8 Å². The number of benzene rings is 1. The van der Waals surface area contributed by atoms with Crippen molar-refractivity contribution in [3.05, 3.63) is 29.3 Å². The van der Waals surface area contributed by atoms with Crippen LogP contribution in [-0.2, 0) is 20.7 Å². The highest BCUT2D eigenvalue weighted by molar-refractivity contribution is 5.93. The molecule has 1 aromatic carbocycles. The number of ether oxygens (including phenoxy) is 1. The number of amides is 2. The van der Waals surface area contributed by atoms with E-state index in [1.54, 1.807) is 19.1 Å². The number of alkyl halides is 3. The third kappa shape index (κ3) is 5.24. The first kappa shape index (κ1) is 17.3. The molecule has 1 aliphatic rings. The summed E-state index contributed by atoms with van der Waals surface area (Å²) >= 11 is 0. The molecule has 1 heterocycles. The number of halogens is 3. The zero-order chi connectivity index (χ0) is 17.0. The van der Waals surface area contributed by atoms with Gasteiger partial charge < -0.3 is 15.4 Å². The summed E-state index contributed by atoms with van der Waals surface area (Å²) in [6, 6.07) is 5.01. The first-order valence-corrected chi connectivity index (χ1v) is 7.11. The van der Waals surface area contributed by atoms with Gasteiger partial charge in [0.1, 0.15) is 13.2 Å². The van der Waals surface area contributed by atoms with Crippen LogP contribution in [0, 0.1) is 0 Å². The Morgan fingerprint density at radius 2 is 2.13 bits per heavy atom. The number of nitrogens with one attached hydrogen (secondary N) is 2. The highest BCUT2D eigenvalue weighted by Crippen LogP contribution is 2.26. The molecular weight excluding hydrogens is 313 g/mol. The molecule has 2 amide bonds. The van der Waals surface area contributed by atoms with Crippen molar-refractivity contribution in [2.75, 3.05) is 18.5 Å². The highest BCUT2D eigenvalue weighted by atomic mass is 19.4. The molecule has 5 nitrogen and oxygen atoms in total. The lowest BCUT2D eigenvalue weighted by molar-refractivity contribution is -0.175. The van der Waals surface area contributed by atoms with Crippen LogP contribution in [0.2, 0.25) is 0 Å². The summed E-state index contributed by atoms with van der Waals surface area (Å²) in [4.78, 5) is 22.9. The Morgan fingerprint density at radius 3 is 2.83 bits per heavy atom. The Labute approximate surface area is 131 Å². The van der Waals surface area contributed by atoms with Crippen LogP contribution in [0.25, 0.3) is 0 Å². The van der Waals surface area contributed by atoms with Crippen LogP contribution in [0.4, 0.5) is 18.9 Å². The van der Waals surface area contributed by atoms with E-state index < -0.39 is 25.3 Å². The molecule has 0 saturated carbocycles. The summed E-state index contributed by atoms with van der Waals surface area (Å²) in [6.45, 7) is -0.372. The number of carbonyl (C=O) groups excluding carboxylic acids is 2. The minimum absolute atomic E-state index is 0.0339. The van der Waals surface area contributed by atoms with Crippen molar-refractivity contribution < 1.29 is 27.5 Å². The molecule has 1 aliphatic heterocycles. The molecule has 2 rings (SSSR count). The fourth-order valence-corrected chi connectivity index (χ4v) is 2.30. The van der Waals surface area contributed by atoms with Crippen molar-refractivity contribution in [3.63, 3.8) is 0 Å². The monoisotopic (exact) mass is 330 g/mol. The molecule has 0 spiro atoms. The van der Waals surface area contributed by atoms with Gasteiger partial charge in [-0.1, -0.05) is 12.1 Å². The Morgan fingerprint density at radius 1 is 1.39 bits per heavy atom. The Bertz CT molecular complexity index is 602. The SMILES string of the molecule is CC(NC(=O)COCC(F)(F)F)c1ccc2c(c1)CCC(=O)N2. The molecule has 1 unspecified atom stereocenters. The fourth-order valence-electron chi connectivity index (χ4n) is 2.30. The van der Waals surface area contributed by atoms with Crippen LogP contribution < -0.4 is 10.6 Å².